The van der Waals surface area contributed by atoms with E-state index in [1.165, 1.54) is 0 Å². The summed E-state index contributed by atoms with van der Waals surface area (Å²) < 4.78 is 0. The fourth-order valence-electron chi connectivity index (χ4n) is 2.79. The molecule has 0 saturated carbocycles. The number of piperazine rings is 1. The standard InChI is InChI=1S/C18H23N5O/c1-21(2)17-7-6-15(13-20-17)18(24)23-11-9-22(10-12-23)14-16-5-3-4-8-19-16/h3-8,13H,9-12,14H2,1-2H3. The van der Waals surface area contributed by atoms with E-state index in [0.717, 1.165) is 44.2 Å². The molecule has 3 rings (SSSR count). The third kappa shape index (κ3) is 3.89. The predicted molar refractivity (Wildman–Crippen MR) is 94.0 cm³/mol. The summed E-state index contributed by atoms with van der Waals surface area (Å²) in [5, 5.41) is 0. The van der Waals surface area contributed by atoms with Crippen LogP contribution in [0.4, 0.5) is 5.82 Å². The van der Waals surface area contributed by atoms with Crippen LogP contribution >= 0.6 is 0 Å². The highest BCUT2D eigenvalue weighted by Gasteiger charge is 2.22. The van der Waals surface area contributed by atoms with Crippen molar-refractivity contribution in [3.63, 3.8) is 0 Å². The average Bonchev–Trinajstić information content (AvgIpc) is 2.63. The van der Waals surface area contributed by atoms with Crippen LogP contribution in [0.15, 0.2) is 42.7 Å². The SMILES string of the molecule is CN(C)c1ccc(C(=O)N2CCN(Cc3ccccn3)CC2)cn1. The Hall–Kier alpha value is -2.47. The van der Waals surface area contributed by atoms with Gasteiger partial charge in [0.1, 0.15) is 5.82 Å². The first-order valence-corrected chi connectivity index (χ1v) is 8.18. The summed E-state index contributed by atoms with van der Waals surface area (Å²) in [6, 6.07) is 9.70. The lowest BCUT2D eigenvalue weighted by atomic mass is 10.2. The van der Waals surface area contributed by atoms with Gasteiger partial charge in [0, 0.05) is 59.2 Å². The molecule has 0 aromatic carbocycles. The summed E-state index contributed by atoms with van der Waals surface area (Å²) in [6.07, 6.45) is 3.48. The molecule has 0 bridgehead atoms. The lowest BCUT2D eigenvalue weighted by molar-refractivity contribution is 0.0626. The third-order valence-corrected chi connectivity index (χ3v) is 4.22. The Morgan fingerprint density at radius 2 is 1.88 bits per heavy atom. The Bertz CT molecular complexity index is 664. The molecule has 24 heavy (non-hydrogen) atoms. The number of nitrogens with zero attached hydrogens (tertiary/aromatic N) is 5. The van der Waals surface area contributed by atoms with Crippen LogP contribution < -0.4 is 4.90 Å². The first-order chi connectivity index (χ1) is 11.6. The minimum atomic E-state index is 0.0605. The van der Waals surface area contributed by atoms with E-state index in [1.54, 1.807) is 6.20 Å². The number of anilines is 1. The van der Waals surface area contributed by atoms with Crippen molar-refractivity contribution in [2.24, 2.45) is 0 Å². The minimum absolute atomic E-state index is 0.0605. The van der Waals surface area contributed by atoms with Gasteiger partial charge in [0.2, 0.25) is 0 Å². The Labute approximate surface area is 142 Å². The van der Waals surface area contributed by atoms with Crippen LogP contribution in [0.3, 0.4) is 0 Å². The van der Waals surface area contributed by atoms with Gasteiger partial charge >= 0.3 is 0 Å². The van der Waals surface area contributed by atoms with Gasteiger partial charge in [0.25, 0.3) is 5.91 Å². The van der Waals surface area contributed by atoms with E-state index >= 15 is 0 Å². The zero-order chi connectivity index (χ0) is 16.9. The monoisotopic (exact) mass is 325 g/mol. The number of rotatable bonds is 4. The summed E-state index contributed by atoms with van der Waals surface area (Å²) in [5.41, 5.74) is 1.72. The van der Waals surface area contributed by atoms with Crippen LogP contribution in [-0.2, 0) is 6.54 Å². The number of hydrogen-bond donors (Lipinski definition) is 0. The van der Waals surface area contributed by atoms with Crippen molar-refractivity contribution in [3.8, 4) is 0 Å². The highest BCUT2D eigenvalue weighted by Crippen LogP contribution is 2.13. The van der Waals surface area contributed by atoms with E-state index in [4.69, 9.17) is 0 Å². The normalized spacial score (nSPS) is 15.3. The highest BCUT2D eigenvalue weighted by molar-refractivity contribution is 5.94. The summed E-state index contributed by atoms with van der Waals surface area (Å²) in [6.45, 7) is 4.04. The van der Waals surface area contributed by atoms with E-state index in [0.29, 0.717) is 5.56 Å². The first kappa shape index (κ1) is 16.4. The van der Waals surface area contributed by atoms with Crippen LogP contribution in [0.2, 0.25) is 0 Å². The van der Waals surface area contributed by atoms with Crippen LogP contribution in [0.25, 0.3) is 0 Å². The van der Waals surface area contributed by atoms with Gasteiger partial charge in [-0.25, -0.2) is 4.98 Å². The van der Waals surface area contributed by atoms with Crippen LogP contribution in [0.5, 0.6) is 0 Å². The minimum Gasteiger partial charge on any atom is -0.363 e. The Morgan fingerprint density at radius 3 is 2.46 bits per heavy atom. The molecule has 126 valence electrons. The fourth-order valence-corrected chi connectivity index (χ4v) is 2.79. The second-order valence-corrected chi connectivity index (χ2v) is 6.19. The van der Waals surface area contributed by atoms with Gasteiger partial charge in [0.05, 0.1) is 11.3 Å². The van der Waals surface area contributed by atoms with Crippen molar-refractivity contribution in [3.05, 3.63) is 54.0 Å². The lowest BCUT2D eigenvalue weighted by Crippen LogP contribution is -2.48. The molecule has 1 fully saturated rings. The van der Waals surface area contributed by atoms with Crippen molar-refractivity contribution in [1.82, 2.24) is 19.8 Å². The van der Waals surface area contributed by atoms with Gasteiger partial charge in [-0.15, -0.1) is 0 Å². The Morgan fingerprint density at radius 1 is 1.08 bits per heavy atom. The summed E-state index contributed by atoms with van der Waals surface area (Å²) in [4.78, 5) is 27.4. The van der Waals surface area contributed by atoms with Gasteiger partial charge in [0.15, 0.2) is 0 Å². The fraction of sp³-hybridized carbons (Fsp3) is 0.389. The van der Waals surface area contributed by atoms with Crippen molar-refractivity contribution in [1.29, 1.82) is 0 Å². The molecule has 0 N–H and O–H groups in total. The van der Waals surface area contributed by atoms with Crippen LogP contribution in [-0.4, -0.2) is 65.9 Å². The van der Waals surface area contributed by atoms with E-state index in [1.807, 2.05) is 60.4 Å². The van der Waals surface area contributed by atoms with E-state index in [2.05, 4.69) is 14.9 Å². The van der Waals surface area contributed by atoms with E-state index in [9.17, 15) is 4.79 Å². The molecule has 0 unspecified atom stereocenters. The average molecular weight is 325 g/mol. The summed E-state index contributed by atoms with van der Waals surface area (Å²) in [7, 11) is 3.87. The summed E-state index contributed by atoms with van der Waals surface area (Å²) >= 11 is 0. The number of hydrogen-bond acceptors (Lipinski definition) is 5. The van der Waals surface area contributed by atoms with Crippen molar-refractivity contribution < 1.29 is 4.79 Å². The molecule has 6 nitrogen and oxygen atoms in total. The maximum atomic E-state index is 12.6. The Kier molecular flexibility index (Phi) is 5.05. The molecule has 0 radical (unpaired) electrons. The molecule has 6 heteroatoms. The van der Waals surface area contributed by atoms with Crippen molar-refractivity contribution in [2.75, 3.05) is 45.2 Å². The number of pyridine rings is 2. The quantitative estimate of drug-likeness (QED) is 0.853. The lowest BCUT2D eigenvalue weighted by Gasteiger charge is -2.34. The van der Waals surface area contributed by atoms with Crippen molar-refractivity contribution in [2.45, 2.75) is 6.54 Å². The molecule has 0 aliphatic carbocycles. The molecule has 0 atom stereocenters. The third-order valence-electron chi connectivity index (χ3n) is 4.22. The highest BCUT2D eigenvalue weighted by atomic mass is 16.2. The first-order valence-electron chi connectivity index (χ1n) is 8.18. The largest absolute Gasteiger partial charge is 0.363 e. The number of aromatic nitrogens is 2. The number of carbonyl (C=O) groups is 1. The maximum absolute atomic E-state index is 12.6. The second-order valence-electron chi connectivity index (χ2n) is 6.19. The zero-order valence-electron chi connectivity index (χ0n) is 14.2. The molecule has 3 heterocycles. The van der Waals surface area contributed by atoms with Crippen LogP contribution in [0.1, 0.15) is 16.1 Å². The molecular weight excluding hydrogens is 302 g/mol. The zero-order valence-corrected chi connectivity index (χ0v) is 14.2. The van der Waals surface area contributed by atoms with Gasteiger partial charge in [-0.2, -0.15) is 0 Å². The van der Waals surface area contributed by atoms with E-state index < -0.39 is 0 Å². The van der Waals surface area contributed by atoms with E-state index in [-0.39, 0.29) is 5.91 Å². The number of amides is 1. The van der Waals surface area contributed by atoms with Gasteiger partial charge in [-0.1, -0.05) is 6.07 Å². The van der Waals surface area contributed by atoms with Crippen molar-refractivity contribution >= 4 is 11.7 Å². The second kappa shape index (κ2) is 7.40. The predicted octanol–water partition coefficient (Wildman–Crippen LogP) is 1.50. The Balaban J connectivity index is 1.55. The molecular formula is C18H23N5O. The van der Waals surface area contributed by atoms with Gasteiger partial charge in [-0.05, 0) is 24.3 Å². The molecule has 2 aromatic rings. The molecule has 1 aliphatic heterocycles. The summed E-state index contributed by atoms with van der Waals surface area (Å²) in [5.74, 6) is 0.914. The molecule has 1 saturated heterocycles. The molecule has 1 aliphatic rings. The van der Waals surface area contributed by atoms with Crippen LogP contribution in [0, 0.1) is 0 Å². The van der Waals surface area contributed by atoms with Gasteiger partial charge < -0.3 is 9.80 Å². The smallest absolute Gasteiger partial charge is 0.255 e. The molecule has 0 spiro atoms. The topological polar surface area (TPSA) is 52.6 Å². The maximum Gasteiger partial charge on any atom is 0.255 e. The molecule has 1 amide bonds. The van der Waals surface area contributed by atoms with Gasteiger partial charge in [-0.3, -0.25) is 14.7 Å². The number of carbonyl (C=O) groups excluding carboxylic acids is 1. The molecule has 2 aromatic heterocycles.